The second-order valence-corrected chi connectivity index (χ2v) is 7.11. The highest BCUT2D eigenvalue weighted by molar-refractivity contribution is 5.95. The molecule has 0 heterocycles. The summed E-state index contributed by atoms with van der Waals surface area (Å²) in [6.45, 7) is 2.07. The standard InChI is InChI=1S/C26H27N3O6/c1-4-34-24-14-18(10-12-22(24)35-17-25(30)28-20-8-6-5-7-9-20)16-27-29-26(31)19-11-13-21(32-2)23(15-19)33-3/h5-16H,4,17H2,1-3H3,(H,28,30)(H,29,31)/b27-16+. The first-order chi connectivity index (χ1) is 17.0. The van der Waals surface area contributed by atoms with Crippen LogP contribution in [0.4, 0.5) is 5.69 Å². The van der Waals surface area contributed by atoms with E-state index in [0.717, 1.165) is 0 Å². The van der Waals surface area contributed by atoms with Crippen LogP contribution in [0.5, 0.6) is 23.0 Å². The molecular formula is C26H27N3O6. The van der Waals surface area contributed by atoms with Crippen molar-refractivity contribution in [3.05, 3.63) is 77.9 Å². The van der Waals surface area contributed by atoms with Gasteiger partial charge in [0.05, 0.1) is 27.0 Å². The number of nitrogens with zero attached hydrogens (tertiary/aromatic N) is 1. The van der Waals surface area contributed by atoms with E-state index in [4.69, 9.17) is 18.9 Å². The number of methoxy groups -OCH3 is 2. The summed E-state index contributed by atoms with van der Waals surface area (Å²) in [6.07, 6.45) is 1.48. The molecule has 0 bridgehead atoms. The van der Waals surface area contributed by atoms with E-state index in [1.807, 2.05) is 25.1 Å². The lowest BCUT2D eigenvalue weighted by Gasteiger charge is -2.12. The van der Waals surface area contributed by atoms with Crippen molar-refractivity contribution in [2.45, 2.75) is 6.92 Å². The maximum absolute atomic E-state index is 12.4. The SMILES string of the molecule is CCOc1cc(/C=N/NC(=O)c2ccc(OC)c(OC)c2)ccc1OCC(=O)Nc1ccccc1. The zero-order chi connectivity index (χ0) is 25.0. The van der Waals surface area contributed by atoms with Crippen molar-refractivity contribution in [3.63, 3.8) is 0 Å². The summed E-state index contributed by atoms with van der Waals surface area (Å²) < 4.78 is 21.7. The molecule has 0 atom stereocenters. The van der Waals surface area contributed by atoms with Gasteiger partial charge in [0.1, 0.15) is 0 Å². The molecule has 0 saturated carbocycles. The number of ether oxygens (including phenoxy) is 4. The van der Waals surface area contributed by atoms with Crippen LogP contribution in [0.2, 0.25) is 0 Å². The predicted octanol–water partition coefficient (Wildman–Crippen LogP) is 3.88. The lowest BCUT2D eigenvalue weighted by atomic mass is 10.2. The second-order valence-electron chi connectivity index (χ2n) is 7.11. The number of amides is 2. The number of nitrogens with one attached hydrogen (secondary N) is 2. The topological polar surface area (TPSA) is 107 Å². The van der Waals surface area contributed by atoms with Gasteiger partial charge >= 0.3 is 0 Å². The number of anilines is 1. The van der Waals surface area contributed by atoms with Gasteiger partial charge in [0.15, 0.2) is 29.6 Å². The van der Waals surface area contributed by atoms with E-state index in [2.05, 4.69) is 15.8 Å². The molecule has 3 aromatic carbocycles. The molecule has 182 valence electrons. The molecule has 0 fully saturated rings. The minimum atomic E-state index is -0.406. The number of hydrazone groups is 1. The highest BCUT2D eigenvalue weighted by atomic mass is 16.5. The second kappa shape index (κ2) is 12.6. The zero-order valence-corrected chi connectivity index (χ0v) is 19.7. The molecule has 0 aliphatic carbocycles. The van der Waals surface area contributed by atoms with Crippen molar-refractivity contribution in [1.29, 1.82) is 0 Å². The van der Waals surface area contributed by atoms with Gasteiger partial charge < -0.3 is 24.3 Å². The molecule has 0 aliphatic heterocycles. The Kier molecular flexibility index (Phi) is 9.07. The van der Waals surface area contributed by atoms with Gasteiger partial charge in [-0.05, 0) is 61.0 Å². The van der Waals surface area contributed by atoms with E-state index in [-0.39, 0.29) is 12.5 Å². The van der Waals surface area contributed by atoms with E-state index >= 15 is 0 Å². The maximum atomic E-state index is 12.4. The third-order valence-electron chi connectivity index (χ3n) is 4.71. The predicted molar refractivity (Wildman–Crippen MR) is 133 cm³/mol. The molecule has 0 radical (unpaired) electrons. The van der Waals surface area contributed by atoms with E-state index < -0.39 is 5.91 Å². The lowest BCUT2D eigenvalue weighted by molar-refractivity contribution is -0.118. The summed E-state index contributed by atoms with van der Waals surface area (Å²) in [6, 6.07) is 19.1. The van der Waals surface area contributed by atoms with Crippen LogP contribution >= 0.6 is 0 Å². The Labute approximate surface area is 203 Å². The number of benzene rings is 3. The van der Waals surface area contributed by atoms with E-state index in [1.165, 1.54) is 20.4 Å². The molecule has 0 saturated heterocycles. The van der Waals surface area contributed by atoms with E-state index in [9.17, 15) is 9.59 Å². The summed E-state index contributed by atoms with van der Waals surface area (Å²) in [5, 5.41) is 6.77. The number of carbonyl (C=O) groups excluding carboxylic acids is 2. The highest BCUT2D eigenvalue weighted by Crippen LogP contribution is 2.29. The van der Waals surface area contributed by atoms with Crippen molar-refractivity contribution < 1.29 is 28.5 Å². The van der Waals surface area contributed by atoms with Gasteiger partial charge in [0, 0.05) is 11.3 Å². The molecule has 0 spiro atoms. The Hall–Kier alpha value is -4.53. The monoisotopic (exact) mass is 477 g/mol. The Balaban J connectivity index is 1.61. The van der Waals surface area contributed by atoms with Crippen LogP contribution in [-0.2, 0) is 4.79 Å². The van der Waals surface area contributed by atoms with Crippen molar-refractivity contribution in [3.8, 4) is 23.0 Å². The van der Waals surface area contributed by atoms with Gasteiger partial charge in [-0.15, -0.1) is 0 Å². The minimum absolute atomic E-state index is 0.177. The van der Waals surface area contributed by atoms with Crippen molar-refractivity contribution in [1.82, 2.24) is 5.43 Å². The maximum Gasteiger partial charge on any atom is 0.271 e. The highest BCUT2D eigenvalue weighted by Gasteiger charge is 2.11. The molecule has 2 N–H and O–H groups in total. The van der Waals surface area contributed by atoms with Gasteiger partial charge in [0.2, 0.25) is 0 Å². The third kappa shape index (κ3) is 7.23. The molecule has 0 aromatic heterocycles. The fraction of sp³-hybridized carbons (Fsp3) is 0.192. The first-order valence-corrected chi connectivity index (χ1v) is 10.8. The van der Waals surface area contributed by atoms with Crippen LogP contribution in [0, 0.1) is 0 Å². The van der Waals surface area contributed by atoms with E-state index in [0.29, 0.717) is 46.4 Å². The van der Waals surface area contributed by atoms with Gasteiger partial charge in [-0.2, -0.15) is 5.10 Å². The number of hydrogen-bond donors (Lipinski definition) is 2. The number of rotatable bonds is 11. The van der Waals surface area contributed by atoms with Crippen molar-refractivity contribution >= 4 is 23.7 Å². The molecule has 9 nitrogen and oxygen atoms in total. The molecular weight excluding hydrogens is 450 g/mol. The van der Waals surface area contributed by atoms with Crippen molar-refractivity contribution in [2.24, 2.45) is 5.10 Å². The quantitative estimate of drug-likeness (QED) is 0.321. The molecule has 2 amide bonds. The van der Waals surface area contributed by atoms with Crippen LogP contribution in [0.25, 0.3) is 0 Å². The Bertz CT molecular complexity index is 1180. The molecule has 3 aromatic rings. The fourth-order valence-corrected chi connectivity index (χ4v) is 3.06. The normalized spacial score (nSPS) is 10.5. The van der Waals surface area contributed by atoms with Crippen LogP contribution < -0.4 is 29.7 Å². The first-order valence-electron chi connectivity index (χ1n) is 10.8. The van der Waals surface area contributed by atoms with Gasteiger partial charge in [-0.25, -0.2) is 5.43 Å². The van der Waals surface area contributed by atoms with Crippen LogP contribution in [0.15, 0.2) is 71.8 Å². The van der Waals surface area contributed by atoms with Crippen LogP contribution in [0.1, 0.15) is 22.8 Å². The number of hydrogen-bond acceptors (Lipinski definition) is 7. The average Bonchev–Trinajstić information content (AvgIpc) is 2.88. The van der Waals surface area contributed by atoms with Crippen LogP contribution in [0.3, 0.4) is 0 Å². The molecule has 9 heteroatoms. The van der Waals surface area contributed by atoms with Crippen LogP contribution in [-0.4, -0.2) is 45.5 Å². The lowest BCUT2D eigenvalue weighted by Crippen LogP contribution is -2.20. The van der Waals surface area contributed by atoms with E-state index in [1.54, 1.807) is 48.5 Å². The number of carbonyl (C=O) groups is 2. The largest absolute Gasteiger partial charge is 0.493 e. The molecule has 3 rings (SSSR count). The first kappa shape index (κ1) is 25.1. The minimum Gasteiger partial charge on any atom is -0.493 e. The summed E-state index contributed by atoms with van der Waals surface area (Å²) >= 11 is 0. The van der Waals surface area contributed by atoms with Gasteiger partial charge in [0.25, 0.3) is 11.8 Å². The molecule has 0 aliphatic rings. The smallest absolute Gasteiger partial charge is 0.271 e. The average molecular weight is 478 g/mol. The summed E-state index contributed by atoms with van der Waals surface area (Å²) in [5.41, 5.74) is 4.20. The zero-order valence-electron chi connectivity index (χ0n) is 19.7. The Morgan fingerprint density at radius 3 is 2.31 bits per heavy atom. The molecule has 0 unspecified atom stereocenters. The third-order valence-corrected chi connectivity index (χ3v) is 4.71. The Morgan fingerprint density at radius 1 is 0.857 bits per heavy atom. The van der Waals surface area contributed by atoms with Gasteiger partial charge in [-0.1, -0.05) is 18.2 Å². The van der Waals surface area contributed by atoms with Gasteiger partial charge in [-0.3, -0.25) is 9.59 Å². The molecule has 35 heavy (non-hydrogen) atoms. The summed E-state index contributed by atoms with van der Waals surface area (Å²) in [5.74, 6) is 1.14. The summed E-state index contributed by atoms with van der Waals surface area (Å²) in [7, 11) is 3.02. The Morgan fingerprint density at radius 2 is 1.60 bits per heavy atom. The number of para-hydroxylation sites is 1. The fourth-order valence-electron chi connectivity index (χ4n) is 3.06. The summed E-state index contributed by atoms with van der Waals surface area (Å²) in [4.78, 5) is 24.6. The van der Waals surface area contributed by atoms with Crippen molar-refractivity contribution in [2.75, 3.05) is 32.8 Å².